The number of aryl methyl sites for hydroxylation is 1. The zero-order valence-corrected chi connectivity index (χ0v) is 18.8. The highest BCUT2D eigenvalue weighted by Gasteiger charge is 2.33. The molecule has 2 aliphatic rings. The molecule has 2 aliphatic heterocycles. The summed E-state index contributed by atoms with van der Waals surface area (Å²) >= 11 is 0. The van der Waals surface area contributed by atoms with E-state index in [-0.39, 0.29) is 29.0 Å². The Kier molecular flexibility index (Phi) is 7.11. The van der Waals surface area contributed by atoms with Crippen molar-refractivity contribution >= 4 is 17.5 Å². The van der Waals surface area contributed by atoms with Crippen LogP contribution in [0.15, 0.2) is 48.5 Å². The number of benzene rings is 2. The van der Waals surface area contributed by atoms with Crippen molar-refractivity contribution < 1.29 is 23.1 Å². The summed E-state index contributed by atoms with van der Waals surface area (Å²) in [7, 11) is 0. The van der Waals surface area contributed by atoms with Gasteiger partial charge in [0.1, 0.15) is 5.75 Å². The molecule has 1 atom stereocenters. The Morgan fingerprint density at radius 2 is 1.73 bits per heavy atom. The van der Waals surface area contributed by atoms with Crippen LogP contribution in [0, 0.1) is 12.8 Å². The Morgan fingerprint density at radius 1 is 0.970 bits per heavy atom. The summed E-state index contributed by atoms with van der Waals surface area (Å²) in [4.78, 5) is 32.0. The number of nitrogens with zero attached hydrogens (tertiary/aromatic N) is 3. The highest BCUT2D eigenvalue weighted by molar-refractivity contribution is 5.97. The molecule has 4 rings (SSSR count). The minimum absolute atomic E-state index is 0.0634. The maximum absolute atomic E-state index is 13.2. The van der Waals surface area contributed by atoms with Crippen LogP contribution in [0.25, 0.3) is 0 Å². The van der Waals surface area contributed by atoms with Crippen molar-refractivity contribution in [2.75, 3.05) is 44.2 Å². The Balaban J connectivity index is 1.37. The normalized spacial score (nSPS) is 19.0. The summed E-state index contributed by atoms with van der Waals surface area (Å²) in [5.41, 5.74) is 2.47. The van der Waals surface area contributed by atoms with Gasteiger partial charge in [-0.15, -0.1) is 0 Å². The number of likely N-dealkylation sites (tertiary alicyclic amines) is 1. The van der Waals surface area contributed by atoms with Crippen LogP contribution >= 0.6 is 0 Å². The highest BCUT2D eigenvalue weighted by atomic mass is 19.3. The molecule has 6 nitrogen and oxygen atoms in total. The van der Waals surface area contributed by atoms with Crippen molar-refractivity contribution in [2.24, 2.45) is 5.92 Å². The molecule has 2 fully saturated rings. The monoisotopic (exact) mass is 457 g/mol. The molecule has 0 aliphatic carbocycles. The van der Waals surface area contributed by atoms with Crippen molar-refractivity contribution in [3.8, 4) is 5.75 Å². The van der Waals surface area contributed by atoms with Gasteiger partial charge in [0.2, 0.25) is 5.91 Å². The van der Waals surface area contributed by atoms with E-state index in [1.165, 1.54) is 23.4 Å². The molecule has 0 radical (unpaired) electrons. The number of hydrogen-bond donors (Lipinski definition) is 0. The second kappa shape index (κ2) is 10.2. The lowest BCUT2D eigenvalue weighted by Crippen LogP contribution is -2.53. The van der Waals surface area contributed by atoms with E-state index in [1.807, 2.05) is 11.0 Å². The van der Waals surface area contributed by atoms with Gasteiger partial charge < -0.3 is 19.4 Å². The third kappa shape index (κ3) is 5.43. The number of alkyl halides is 2. The van der Waals surface area contributed by atoms with Gasteiger partial charge in [-0.25, -0.2) is 0 Å². The minimum atomic E-state index is -3.01. The number of carbonyl (C=O) groups excluding carboxylic acids is 2. The first-order chi connectivity index (χ1) is 15.9. The lowest BCUT2D eigenvalue weighted by molar-refractivity contribution is -0.137. The van der Waals surface area contributed by atoms with Gasteiger partial charge in [-0.2, -0.15) is 8.78 Å². The molecule has 0 N–H and O–H groups in total. The summed E-state index contributed by atoms with van der Waals surface area (Å²) in [5, 5.41) is 0. The molecule has 2 amide bonds. The fourth-order valence-electron chi connectivity index (χ4n) is 4.64. The van der Waals surface area contributed by atoms with Crippen molar-refractivity contribution in [3.05, 3.63) is 59.7 Å². The van der Waals surface area contributed by atoms with E-state index in [0.717, 1.165) is 19.5 Å². The van der Waals surface area contributed by atoms with Gasteiger partial charge >= 0.3 is 6.61 Å². The predicted molar refractivity (Wildman–Crippen MR) is 122 cm³/mol. The lowest BCUT2D eigenvalue weighted by atomic mass is 9.95. The first-order valence-corrected chi connectivity index (χ1v) is 11.4. The summed E-state index contributed by atoms with van der Waals surface area (Å²) in [5.74, 6) is -0.740. The molecular formula is C25H29F2N3O3. The maximum atomic E-state index is 13.2. The molecule has 176 valence electrons. The molecule has 2 heterocycles. The van der Waals surface area contributed by atoms with E-state index in [2.05, 4.69) is 34.8 Å². The number of anilines is 1. The number of ether oxygens (including phenoxy) is 1. The molecule has 2 aromatic rings. The standard InChI is InChI=1S/C25H29F2N3O3/c1-18-6-4-8-20(16-18)28-12-14-29(15-13-28)23(31)19-7-5-11-30(17-19)24(32)21-9-2-3-10-22(21)33-25(26)27/h2-4,6,8-10,16,19,25H,5,7,11-15,17H2,1H3. The van der Waals surface area contributed by atoms with Gasteiger partial charge in [-0.05, 0) is 49.6 Å². The molecule has 33 heavy (non-hydrogen) atoms. The van der Waals surface area contributed by atoms with E-state index in [9.17, 15) is 18.4 Å². The fraction of sp³-hybridized carbons (Fsp3) is 0.440. The third-order valence-electron chi connectivity index (χ3n) is 6.35. The van der Waals surface area contributed by atoms with Gasteiger partial charge in [0.15, 0.2) is 0 Å². The van der Waals surface area contributed by atoms with Crippen molar-refractivity contribution in [1.29, 1.82) is 0 Å². The smallest absolute Gasteiger partial charge is 0.387 e. The number of para-hydroxylation sites is 1. The minimum Gasteiger partial charge on any atom is -0.434 e. The summed E-state index contributed by atoms with van der Waals surface area (Å²) < 4.78 is 30.0. The number of piperazine rings is 1. The number of rotatable bonds is 5. The van der Waals surface area contributed by atoms with Crippen molar-refractivity contribution in [3.63, 3.8) is 0 Å². The molecule has 0 bridgehead atoms. The Morgan fingerprint density at radius 3 is 2.45 bits per heavy atom. The Hall–Kier alpha value is -3.16. The van der Waals surface area contributed by atoms with Crippen LogP contribution in [-0.2, 0) is 4.79 Å². The number of piperidine rings is 1. The number of carbonyl (C=O) groups is 2. The van der Waals surface area contributed by atoms with Crippen LogP contribution < -0.4 is 9.64 Å². The molecule has 0 aromatic heterocycles. The highest BCUT2D eigenvalue weighted by Crippen LogP contribution is 2.26. The van der Waals surface area contributed by atoms with Crippen molar-refractivity contribution in [2.45, 2.75) is 26.4 Å². The van der Waals surface area contributed by atoms with E-state index in [1.54, 1.807) is 17.0 Å². The molecule has 0 saturated carbocycles. The van der Waals surface area contributed by atoms with Crippen LogP contribution in [0.1, 0.15) is 28.8 Å². The largest absolute Gasteiger partial charge is 0.434 e. The van der Waals surface area contributed by atoms with E-state index >= 15 is 0 Å². The molecule has 2 saturated heterocycles. The first-order valence-electron chi connectivity index (χ1n) is 11.4. The SMILES string of the molecule is Cc1cccc(N2CCN(C(=O)C3CCCN(C(=O)c4ccccc4OC(F)F)C3)CC2)c1. The molecule has 2 aromatic carbocycles. The Labute approximate surface area is 192 Å². The second-order valence-corrected chi connectivity index (χ2v) is 8.62. The molecule has 1 unspecified atom stereocenters. The van der Waals surface area contributed by atoms with Crippen LogP contribution in [0.3, 0.4) is 0 Å². The molecule has 8 heteroatoms. The van der Waals surface area contributed by atoms with Gasteiger partial charge in [0.25, 0.3) is 5.91 Å². The summed E-state index contributed by atoms with van der Waals surface area (Å²) in [6, 6.07) is 14.4. The zero-order valence-electron chi connectivity index (χ0n) is 18.8. The number of hydrogen-bond acceptors (Lipinski definition) is 4. The van der Waals surface area contributed by atoms with E-state index in [4.69, 9.17) is 0 Å². The third-order valence-corrected chi connectivity index (χ3v) is 6.35. The molecule has 0 spiro atoms. The van der Waals surface area contributed by atoms with E-state index in [0.29, 0.717) is 32.6 Å². The quantitative estimate of drug-likeness (QED) is 0.686. The molecular weight excluding hydrogens is 428 g/mol. The van der Waals surface area contributed by atoms with Gasteiger partial charge in [0.05, 0.1) is 11.5 Å². The average Bonchev–Trinajstić information content (AvgIpc) is 2.83. The zero-order chi connectivity index (χ0) is 23.4. The summed E-state index contributed by atoms with van der Waals surface area (Å²) in [6.45, 7) is 2.66. The van der Waals surface area contributed by atoms with Crippen LogP contribution in [0.5, 0.6) is 5.75 Å². The van der Waals surface area contributed by atoms with Crippen molar-refractivity contribution in [1.82, 2.24) is 9.80 Å². The maximum Gasteiger partial charge on any atom is 0.387 e. The lowest BCUT2D eigenvalue weighted by Gasteiger charge is -2.40. The van der Waals surface area contributed by atoms with Crippen LogP contribution in [-0.4, -0.2) is 67.5 Å². The van der Waals surface area contributed by atoms with Gasteiger partial charge in [-0.3, -0.25) is 9.59 Å². The second-order valence-electron chi connectivity index (χ2n) is 8.62. The van der Waals surface area contributed by atoms with E-state index < -0.39 is 6.61 Å². The number of halogens is 2. The van der Waals surface area contributed by atoms with Gasteiger partial charge in [0, 0.05) is 45.0 Å². The average molecular weight is 458 g/mol. The summed E-state index contributed by atoms with van der Waals surface area (Å²) in [6.07, 6.45) is 1.42. The topological polar surface area (TPSA) is 53.1 Å². The van der Waals surface area contributed by atoms with Crippen LogP contribution in [0.4, 0.5) is 14.5 Å². The first kappa shape index (κ1) is 23.0. The predicted octanol–water partition coefficient (Wildman–Crippen LogP) is 3.80. The Bertz CT molecular complexity index is 992. The fourth-order valence-corrected chi connectivity index (χ4v) is 4.64. The van der Waals surface area contributed by atoms with Crippen LogP contribution in [0.2, 0.25) is 0 Å². The van der Waals surface area contributed by atoms with Gasteiger partial charge in [-0.1, -0.05) is 24.3 Å². The number of amides is 2.